The molecule has 0 bridgehead atoms. The third-order valence-electron chi connectivity index (χ3n) is 6.68. The van der Waals surface area contributed by atoms with Crippen molar-refractivity contribution < 1.29 is 23.4 Å². The van der Waals surface area contributed by atoms with Gasteiger partial charge in [0.1, 0.15) is 23.3 Å². The Kier molecular flexibility index (Phi) is 7.17. The zero-order valence-corrected chi connectivity index (χ0v) is 22.8. The number of hydrogen-bond acceptors (Lipinski definition) is 11. The third-order valence-corrected chi connectivity index (χ3v) is 7.73. The van der Waals surface area contributed by atoms with Crippen LogP contribution >= 0.6 is 11.3 Å². The molecule has 11 nitrogen and oxygen atoms in total. The molecule has 2 aromatic carbocycles. The van der Waals surface area contributed by atoms with Gasteiger partial charge in [0.15, 0.2) is 11.6 Å². The van der Waals surface area contributed by atoms with Crippen molar-refractivity contribution in [3.8, 4) is 34.3 Å². The Balaban J connectivity index is 1.24. The van der Waals surface area contributed by atoms with Crippen LogP contribution in [0.2, 0.25) is 0 Å². The first-order valence-corrected chi connectivity index (χ1v) is 13.6. The van der Waals surface area contributed by atoms with Crippen LogP contribution in [0.25, 0.3) is 31.8 Å². The van der Waals surface area contributed by atoms with E-state index >= 15 is 4.39 Å². The molecule has 2 unspecified atom stereocenters. The number of ether oxygens (including phenoxy) is 3. The predicted molar refractivity (Wildman–Crippen MR) is 150 cm³/mol. The largest absolute Gasteiger partial charge is 0.483 e. The number of rotatable bonds is 6. The highest BCUT2D eigenvalue weighted by Crippen LogP contribution is 2.38. The monoisotopic (exact) mass is 581 g/mol. The van der Waals surface area contributed by atoms with E-state index in [2.05, 4.69) is 31.3 Å². The second kappa shape index (κ2) is 11.2. The van der Waals surface area contributed by atoms with E-state index in [-0.39, 0.29) is 5.75 Å². The van der Waals surface area contributed by atoms with Crippen LogP contribution < -0.4 is 14.8 Å². The maximum Gasteiger partial charge on any atom is 0.412 e. The Hall–Kier alpha value is -5.40. The number of carbonyl (C=O) groups excluding carboxylic acids is 1. The van der Waals surface area contributed by atoms with Crippen molar-refractivity contribution in [2.45, 2.75) is 31.5 Å². The summed E-state index contributed by atoms with van der Waals surface area (Å²) in [5.41, 5.74) is 3.02. The molecule has 1 aliphatic rings. The fraction of sp³-hybridized carbons (Fsp3) is 0.207. The number of benzene rings is 2. The molecule has 208 valence electrons. The number of nitrogens with zero attached hydrogens (tertiary/aromatic N) is 6. The molecule has 0 aliphatic heterocycles. The van der Waals surface area contributed by atoms with Crippen LogP contribution in [0.15, 0.2) is 48.9 Å². The van der Waals surface area contributed by atoms with E-state index in [1.54, 1.807) is 18.2 Å². The van der Waals surface area contributed by atoms with Crippen LogP contribution in [0.1, 0.15) is 30.4 Å². The Labute approximate surface area is 242 Å². The van der Waals surface area contributed by atoms with Crippen LogP contribution in [-0.4, -0.2) is 45.3 Å². The molecule has 2 atom stereocenters. The van der Waals surface area contributed by atoms with E-state index in [4.69, 9.17) is 19.5 Å². The van der Waals surface area contributed by atoms with Crippen LogP contribution in [0.4, 0.5) is 14.9 Å². The zero-order chi connectivity index (χ0) is 29.2. The fourth-order valence-electron chi connectivity index (χ4n) is 4.75. The Bertz CT molecular complexity index is 1930. The summed E-state index contributed by atoms with van der Waals surface area (Å²) in [5.74, 6) is -0.271. The number of methoxy groups -OCH3 is 1. The van der Waals surface area contributed by atoms with Crippen LogP contribution in [0, 0.1) is 28.5 Å². The Morgan fingerprint density at radius 2 is 1.86 bits per heavy atom. The minimum Gasteiger partial charge on any atom is -0.483 e. The number of nitriles is 2. The van der Waals surface area contributed by atoms with E-state index in [1.165, 1.54) is 49.2 Å². The second-order valence-corrected chi connectivity index (χ2v) is 10.4. The molecule has 42 heavy (non-hydrogen) atoms. The van der Waals surface area contributed by atoms with Crippen molar-refractivity contribution in [2.75, 3.05) is 12.4 Å². The van der Waals surface area contributed by atoms with Gasteiger partial charge < -0.3 is 14.2 Å². The summed E-state index contributed by atoms with van der Waals surface area (Å²) in [6, 6.07) is 11.7. The maximum atomic E-state index is 15.2. The number of hydrogen-bond donors (Lipinski definition) is 1. The lowest BCUT2D eigenvalue weighted by atomic mass is 10.1. The van der Waals surface area contributed by atoms with Gasteiger partial charge in [-0.05, 0) is 37.5 Å². The van der Waals surface area contributed by atoms with E-state index < -0.39 is 24.1 Å². The number of aromatic nitrogens is 4. The molecule has 1 amide bonds. The highest BCUT2D eigenvalue weighted by molar-refractivity contribution is 7.21. The molecule has 0 radical (unpaired) electrons. The van der Waals surface area contributed by atoms with E-state index in [1.807, 2.05) is 6.07 Å². The van der Waals surface area contributed by atoms with Crippen LogP contribution in [0.5, 0.6) is 11.6 Å². The zero-order valence-electron chi connectivity index (χ0n) is 22.0. The number of halogens is 1. The first kappa shape index (κ1) is 26.8. The third kappa shape index (κ3) is 5.33. The van der Waals surface area contributed by atoms with Gasteiger partial charge in [0.2, 0.25) is 5.88 Å². The molecular formula is C29H20FN7O4S. The molecule has 5 aromatic rings. The Morgan fingerprint density at radius 1 is 1.02 bits per heavy atom. The second-order valence-electron chi connectivity index (χ2n) is 9.42. The number of anilines is 1. The summed E-state index contributed by atoms with van der Waals surface area (Å²) in [5, 5.41) is 21.7. The van der Waals surface area contributed by atoms with Crippen molar-refractivity contribution in [1.82, 2.24) is 19.9 Å². The van der Waals surface area contributed by atoms with Gasteiger partial charge in [0.25, 0.3) is 0 Å². The average molecular weight is 582 g/mol. The quantitative estimate of drug-likeness (QED) is 0.262. The molecule has 0 spiro atoms. The number of pyridine rings is 1. The molecule has 1 aliphatic carbocycles. The highest BCUT2D eigenvalue weighted by Gasteiger charge is 2.33. The van der Waals surface area contributed by atoms with Gasteiger partial charge in [-0.3, -0.25) is 10.3 Å². The standard InChI is InChI=1S/C29H20FN7O4S/c1-39-26-14-34-27-18(6-15(10-31)7-21(27)36-26)28-37-20-8-19(30)24(9-25(20)42-28)40-22-3-2-4-23(22)41-29(38)35-17-5-16(11-32)12-33-13-17/h5-9,12-14,22-23H,2-4H2,1H3,(H,35,38). The smallest absolute Gasteiger partial charge is 0.412 e. The van der Waals surface area contributed by atoms with Crippen LogP contribution in [-0.2, 0) is 4.74 Å². The van der Waals surface area contributed by atoms with Gasteiger partial charge in [0, 0.05) is 23.9 Å². The predicted octanol–water partition coefficient (Wildman–Crippen LogP) is 5.74. The molecule has 3 heterocycles. The van der Waals surface area contributed by atoms with Crippen molar-refractivity contribution in [3.63, 3.8) is 0 Å². The molecule has 0 saturated heterocycles. The van der Waals surface area contributed by atoms with Gasteiger partial charge in [-0.15, -0.1) is 11.3 Å². The fourth-order valence-corrected chi connectivity index (χ4v) is 5.74. The topological polar surface area (TPSA) is 156 Å². The number of carbonyl (C=O) groups is 1. The van der Waals surface area contributed by atoms with E-state index in [9.17, 15) is 10.1 Å². The van der Waals surface area contributed by atoms with Gasteiger partial charge in [-0.1, -0.05) is 0 Å². The average Bonchev–Trinajstić information content (AvgIpc) is 3.62. The number of nitrogens with one attached hydrogen (secondary N) is 1. The minimum atomic E-state index is -0.719. The van der Waals surface area contributed by atoms with Crippen LogP contribution in [0.3, 0.4) is 0 Å². The first-order chi connectivity index (χ1) is 20.4. The van der Waals surface area contributed by atoms with Crippen molar-refractivity contribution in [1.29, 1.82) is 10.5 Å². The SMILES string of the molecule is COc1cnc2c(-c3nc4cc(F)c(OC5CCCC5OC(=O)Nc5cncc(C#N)c5)cc4s3)cc(C#N)cc2n1. The maximum absolute atomic E-state index is 15.2. The molecule has 13 heteroatoms. The van der Waals surface area contributed by atoms with E-state index in [0.717, 1.165) is 6.42 Å². The normalized spacial score (nSPS) is 16.1. The summed E-state index contributed by atoms with van der Waals surface area (Å²) in [6.07, 6.45) is 4.26. The summed E-state index contributed by atoms with van der Waals surface area (Å²) in [6.45, 7) is 0. The number of fused-ring (bicyclic) bond motifs is 2. The molecule has 1 N–H and O–H groups in total. The summed E-state index contributed by atoms with van der Waals surface area (Å²) in [4.78, 5) is 29.9. The highest BCUT2D eigenvalue weighted by atomic mass is 32.1. The lowest BCUT2D eigenvalue weighted by Crippen LogP contribution is -2.32. The van der Waals surface area contributed by atoms with Gasteiger partial charge in [-0.25, -0.2) is 24.1 Å². The molecule has 1 saturated carbocycles. The minimum absolute atomic E-state index is 0.0182. The van der Waals surface area contributed by atoms with Gasteiger partial charge >= 0.3 is 6.09 Å². The first-order valence-electron chi connectivity index (χ1n) is 12.8. The van der Waals surface area contributed by atoms with Crippen molar-refractivity contribution >= 4 is 44.4 Å². The lowest BCUT2D eigenvalue weighted by molar-refractivity contribution is 0.0401. The van der Waals surface area contributed by atoms with Crippen molar-refractivity contribution in [2.24, 2.45) is 0 Å². The van der Waals surface area contributed by atoms with Gasteiger partial charge in [0.05, 0.1) is 63.6 Å². The van der Waals surface area contributed by atoms with Gasteiger partial charge in [-0.2, -0.15) is 10.5 Å². The summed E-state index contributed by atoms with van der Waals surface area (Å²) in [7, 11) is 1.48. The molecular weight excluding hydrogens is 561 g/mol. The van der Waals surface area contributed by atoms with Crippen molar-refractivity contribution in [3.05, 3.63) is 65.9 Å². The van der Waals surface area contributed by atoms with E-state index in [0.29, 0.717) is 67.4 Å². The number of amides is 1. The summed E-state index contributed by atoms with van der Waals surface area (Å²) < 4.78 is 32.6. The lowest BCUT2D eigenvalue weighted by Gasteiger charge is -2.22. The number of thiazole rings is 1. The summed E-state index contributed by atoms with van der Waals surface area (Å²) >= 11 is 1.30. The molecule has 3 aromatic heterocycles. The Morgan fingerprint density at radius 3 is 2.67 bits per heavy atom. The molecule has 6 rings (SSSR count). The molecule has 1 fully saturated rings.